The molecule has 0 saturated heterocycles. The summed E-state index contributed by atoms with van der Waals surface area (Å²) in [7, 11) is 0. The molecule has 0 saturated carbocycles. The minimum absolute atomic E-state index is 0.203. The lowest BCUT2D eigenvalue weighted by atomic mass is 10.1. The Morgan fingerprint density at radius 2 is 1.34 bits per heavy atom. The highest BCUT2D eigenvalue weighted by Gasteiger charge is 2.24. The van der Waals surface area contributed by atoms with E-state index >= 15 is 0 Å². The van der Waals surface area contributed by atoms with Gasteiger partial charge in [0.15, 0.2) is 0 Å². The van der Waals surface area contributed by atoms with E-state index in [9.17, 15) is 27.9 Å². The van der Waals surface area contributed by atoms with Gasteiger partial charge in [0, 0.05) is 47.6 Å². The molecular weight excluding hydrogens is 686 g/mol. The van der Waals surface area contributed by atoms with E-state index in [1.165, 1.54) is 35.2 Å². The molecule has 264 valence electrons. The van der Waals surface area contributed by atoms with Crippen molar-refractivity contribution in [2.45, 2.75) is 39.0 Å². The fourth-order valence-corrected chi connectivity index (χ4v) is 6.71. The van der Waals surface area contributed by atoms with Gasteiger partial charge in [0.05, 0.1) is 60.3 Å². The topological polar surface area (TPSA) is 114 Å². The monoisotopic (exact) mass is 715 g/mol. The van der Waals surface area contributed by atoms with Crippen LogP contribution in [-0.2, 0) is 26.1 Å². The molecule has 0 bridgehead atoms. The minimum Gasteiger partial charge on any atom is -0.390 e. The second kappa shape index (κ2) is 13.9. The zero-order chi connectivity index (χ0) is 36.6. The Labute approximate surface area is 299 Å². The van der Waals surface area contributed by atoms with Gasteiger partial charge >= 0.3 is 0 Å². The standard InChI is InChI=1S/C20H14FN5.C19H15F3N4O/c21-15-6-3-13(4-7-15)19-20(25-9-1-2-18(25)24-19)14-5-8-17-23-11-16(10-22)26(17)12-14;20-14-4-1-12(2-5-14)18-19(25(11-24-18)9-16(21)22)13-3-6-17-23-7-15(10-27)26(17)8-13/h3-8,11-12H,1-2,9H2;1-8,11,16,27H,9-10H2. The van der Waals surface area contributed by atoms with Gasteiger partial charge < -0.3 is 18.6 Å². The quantitative estimate of drug-likeness (QED) is 0.170. The van der Waals surface area contributed by atoms with Gasteiger partial charge in [0.2, 0.25) is 0 Å². The van der Waals surface area contributed by atoms with Crippen LogP contribution in [-0.4, -0.2) is 49.4 Å². The van der Waals surface area contributed by atoms with Gasteiger partial charge in [-0.2, -0.15) is 5.26 Å². The molecule has 0 spiro atoms. The van der Waals surface area contributed by atoms with Crippen LogP contribution < -0.4 is 0 Å². The number of aromatic nitrogens is 8. The normalized spacial score (nSPS) is 12.3. The number of aliphatic hydroxyl groups is 1. The van der Waals surface area contributed by atoms with E-state index in [2.05, 4.69) is 25.6 Å². The fourth-order valence-electron chi connectivity index (χ4n) is 6.71. The number of fused-ring (bicyclic) bond motifs is 3. The molecule has 0 atom stereocenters. The summed E-state index contributed by atoms with van der Waals surface area (Å²) in [5, 5.41) is 18.8. The second-order valence-electron chi connectivity index (χ2n) is 12.4. The summed E-state index contributed by atoms with van der Waals surface area (Å²) in [4.78, 5) is 17.6. The van der Waals surface area contributed by atoms with Gasteiger partial charge in [-0.15, -0.1) is 0 Å². The summed E-state index contributed by atoms with van der Waals surface area (Å²) in [5.74, 6) is 0.394. The molecule has 1 aliphatic rings. The lowest BCUT2D eigenvalue weighted by molar-refractivity contribution is 0.127. The number of pyridine rings is 2. The number of benzene rings is 2. The maximum Gasteiger partial charge on any atom is 0.256 e. The van der Waals surface area contributed by atoms with Gasteiger partial charge in [0.1, 0.15) is 40.5 Å². The molecule has 1 aliphatic heterocycles. The first-order valence-electron chi connectivity index (χ1n) is 16.7. The van der Waals surface area contributed by atoms with Crippen molar-refractivity contribution in [2.24, 2.45) is 0 Å². The van der Waals surface area contributed by atoms with Crippen LogP contribution in [0.15, 0.2) is 104 Å². The molecule has 0 unspecified atom stereocenters. The average molecular weight is 716 g/mol. The molecule has 0 amide bonds. The summed E-state index contributed by atoms with van der Waals surface area (Å²) in [6, 6.07) is 21.7. The minimum atomic E-state index is -2.55. The number of aryl methyl sites for hydroxylation is 1. The molecule has 6 aromatic heterocycles. The Bertz CT molecular complexity index is 2630. The molecule has 7 heterocycles. The zero-order valence-corrected chi connectivity index (χ0v) is 27.9. The van der Waals surface area contributed by atoms with Crippen LogP contribution in [0.1, 0.15) is 23.6 Å². The van der Waals surface area contributed by atoms with E-state index < -0.39 is 13.0 Å². The Hall–Kier alpha value is -6.59. The van der Waals surface area contributed by atoms with E-state index in [4.69, 9.17) is 4.98 Å². The number of rotatable bonds is 7. The maximum atomic E-state index is 13.3. The van der Waals surface area contributed by atoms with E-state index in [1.807, 2.05) is 18.3 Å². The molecular formula is C39H29F4N9O. The molecule has 1 N–H and O–H groups in total. The van der Waals surface area contributed by atoms with Crippen LogP contribution in [0.4, 0.5) is 17.6 Å². The highest BCUT2D eigenvalue weighted by Crippen LogP contribution is 2.36. The Morgan fingerprint density at radius 1 is 0.736 bits per heavy atom. The van der Waals surface area contributed by atoms with Crippen LogP contribution in [0.25, 0.3) is 56.3 Å². The number of alkyl halides is 2. The largest absolute Gasteiger partial charge is 0.390 e. The SMILES string of the molecule is N#Cc1cnc2ccc(-c3c(-c4ccc(F)cc4)nc4n3CCC4)cn12.OCc1cnc2ccc(-c3c(-c4ccc(F)cc4)ncn3CC(F)F)cn12. The molecule has 0 radical (unpaired) electrons. The van der Waals surface area contributed by atoms with Crippen molar-refractivity contribution in [1.29, 1.82) is 5.26 Å². The first-order chi connectivity index (χ1) is 25.8. The summed E-state index contributed by atoms with van der Waals surface area (Å²) < 4.78 is 59.8. The van der Waals surface area contributed by atoms with Crippen molar-refractivity contribution in [3.63, 3.8) is 0 Å². The van der Waals surface area contributed by atoms with Crippen LogP contribution in [0.2, 0.25) is 0 Å². The van der Waals surface area contributed by atoms with Gasteiger partial charge in [-0.1, -0.05) is 0 Å². The number of halogens is 4. The van der Waals surface area contributed by atoms with Crippen LogP contribution >= 0.6 is 0 Å². The van der Waals surface area contributed by atoms with E-state index in [0.29, 0.717) is 39.5 Å². The highest BCUT2D eigenvalue weighted by atomic mass is 19.3. The number of aliphatic hydroxyl groups excluding tert-OH is 1. The van der Waals surface area contributed by atoms with Crippen LogP contribution in [0.5, 0.6) is 0 Å². The number of nitrogens with zero attached hydrogens (tertiary/aromatic N) is 9. The van der Waals surface area contributed by atoms with Crippen molar-refractivity contribution in [1.82, 2.24) is 37.9 Å². The number of nitriles is 1. The van der Waals surface area contributed by atoms with Crippen molar-refractivity contribution in [3.8, 4) is 51.1 Å². The average Bonchev–Trinajstić information content (AvgIpc) is 4.00. The summed E-state index contributed by atoms with van der Waals surface area (Å²) in [6.07, 6.45) is 7.57. The van der Waals surface area contributed by atoms with Crippen LogP contribution in [0, 0.1) is 23.0 Å². The van der Waals surface area contributed by atoms with Gasteiger partial charge in [-0.25, -0.2) is 37.5 Å². The van der Waals surface area contributed by atoms with Crippen LogP contribution in [0.3, 0.4) is 0 Å². The first-order valence-corrected chi connectivity index (χ1v) is 16.7. The summed E-state index contributed by atoms with van der Waals surface area (Å²) in [6.45, 7) is 0.190. The van der Waals surface area contributed by atoms with Crippen molar-refractivity contribution in [3.05, 3.63) is 133 Å². The zero-order valence-electron chi connectivity index (χ0n) is 27.9. The lowest BCUT2D eigenvalue weighted by Gasteiger charge is -2.11. The third kappa shape index (κ3) is 6.31. The summed E-state index contributed by atoms with van der Waals surface area (Å²) in [5.41, 5.74) is 8.34. The molecule has 9 rings (SSSR count). The third-order valence-corrected chi connectivity index (χ3v) is 9.15. The molecule has 0 aliphatic carbocycles. The lowest BCUT2D eigenvalue weighted by Crippen LogP contribution is -2.07. The maximum absolute atomic E-state index is 13.3. The Morgan fingerprint density at radius 3 is 2.00 bits per heavy atom. The molecule has 14 heteroatoms. The number of imidazole rings is 4. The molecule has 10 nitrogen and oxygen atoms in total. The number of hydrogen-bond acceptors (Lipinski definition) is 6. The summed E-state index contributed by atoms with van der Waals surface area (Å²) >= 11 is 0. The Kier molecular flexibility index (Phi) is 8.77. The van der Waals surface area contributed by atoms with E-state index in [1.54, 1.807) is 63.8 Å². The molecule has 8 aromatic rings. The molecule has 0 fully saturated rings. The predicted octanol–water partition coefficient (Wildman–Crippen LogP) is 7.58. The van der Waals surface area contributed by atoms with Gasteiger partial charge in [-0.3, -0.25) is 4.40 Å². The fraction of sp³-hybridized carbons (Fsp3) is 0.154. The van der Waals surface area contributed by atoms with Crippen molar-refractivity contribution in [2.75, 3.05) is 0 Å². The second-order valence-corrected chi connectivity index (χ2v) is 12.4. The van der Waals surface area contributed by atoms with E-state index in [-0.39, 0.29) is 18.2 Å². The highest BCUT2D eigenvalue weighted by molar-refractivity contribution is 5.80. The predicted molar refractivity (Wildman–Crippen MR) is 189 cm³/mol. The Balaban J connectivity index is 0.000000151. The van der Waals surface area contributed by atoms with Gasteiger partial charge in [0.25, 0.3) is 6.43 Å². The number of hydrogen-bond donors (Lipinski definition) is 1. The smallest absolute Gasteiger partial charge is 0.256 e. The first kappa shape index (κ1) is 33.5. The third-order valence-electron chi connectivity index (χ3n) is 9.15. The van der Waals surface area contributed by atoms with Gasteiger partial charge in [-0.05, 0) is 79.2 Å². The molecule has 53 heavy (non-hydrogen) atoms. The van der Waals surface area contributed by atoms with Crippen molar-refractivity contribution < 1.29 is 22.7 Å². The van der Waals surface area contributed by atoms with Crippen molar-refractivity contribution >= 4 is 11.3 Å². The van der Waals surface area contributed by atoms with E-state index in [0.717, 1.165) is 53.4 Å². The molecule has 2 aromatic carbocycles.